The highest BCUT2D eigenvalue weighted by atomic mass is 16.3. The molecule has 3 aromatic rings. The molecule has 1 heterocycles. The summed E-state index contributed by atoms with van der Waals surface area (Å²) in [6.45, 7) is 2.06. The second kappa shape index (κ2) is 4.18. The standard InChI is InChI=1S/C15H14N2O/c1-10-5-6-13-14(7-10)17-15(16-13)9-11-3-2-4-12(18)8-11/h2-8,18H,9H2,1H3,(H,16,17). The van der Waals surface area contributed by atoms with Gasteiger partial charge in [-0.3, -0.25) is 0 Å². The molecule has 90 valence electrons. The van der Waals surface area contributed by atoms with Gasteiger partial charge in [-0.1, -0.05) is 18.2 Å². The van der Waals surface area contributed by atoms with E-state index >= 15 is 0 Å². The maximum atomic E-state index is 9.44. The lowest BCUT2D eigenvalue weighted by Crippen LogP contribution is -1.89. The summed E-state index contributed by atoms with van der Waals surface area (Å²) in [7, 11) is 0. The molecule has 0 saturated carbocycles. The van der Waals surface area contributed by atoms with Gasteiger partial charge >= 0.3 is 0 Å². The minimum atomic E-state index is 0.291. The van der Waals surface area contributed by atoms with Crippen molar-refractivity contribution in [2.45, 2.75) is 13.3 Å². The van der Waals surface area contributed by atoms with Crippen molar-refractivity contribution in [2.75, 3.05) is 0 Å². The van der Waals surface area contributed by atoms with Gasteiger partial charge < -0.3 is 10.1 Å². The van der Waals surface area contributed by atoms with Crippen LogP contribution in [0.3, 0.4) is 0 Å². The molecule has 18 heavy (non-hydrogen) atoms. The van der Waals surface area contributed by atoms with E-state index in [2.05, 4.69) is 29.0 Å². The molecule has 1 aromatic heterocycles. The Labute approximate surface area is 105 Å². The van der Waals surface area contributed by atoms with Gasteiger partial charge in [0.2, 0.25) is 0 Å². The molecule has 2 aromatic carbocycles. The van der Waals surface area contributed by atoms with Crippen molar-refractivity contribution in [1.82, 2.24) is 9.97 Å². The number of nitrogens with one attached hydrogen (secondary N) is 1. The fourth-order valence-corrected chi connectivity index (χ4v) is 2.12. The van der Waals surface area contributed by atoms with E-state index in [4.69, 9.17) is 0 Å². The average Bonchev–Trinajstić information content (AvgIpc) is 2.70. The van der Waals surface area contributed by atoms with Crippen LogP contribution in [0.1, 0.15) is 17.0 Å². The number of phenolic OH excluding ortho intramolecular Hbond substituents is 1. The van der Waals surface area contributed by atoms with Crippen LogP contribution in [0.5, 0.6) is 5.75 Å². The molecule has 0 amide bonds. The highest BCUT2D eigenvalue weighted by Crippen LogP contribution is 2.17. The molecule has 0 fully saturated rings. The van der Waals surface area contributed by atoms with Crippen molar-refractivity contribution in [3.63, 3.8) is 0 Å². The van der Waals surface area contributed by atoms with E-state index in [-0.39, 0.29) is 0 Å². The Morgan fingerprint density at radius 2 is 2.06 bits per heavy atom. The van der Waals surface area contributed by atoms with Crippen LogP contribution in [0.25, 0.3) is 11.0 Å². The molecule has 0 saturated heterocycles. The lowest BCUT2D eigenvalue weighted by Gasteiger charge is -1.98. The lowest BCUT2D eigenvalue weighted by molar-refractivity contribution is 0.474. The molecule has 0 spiro atoms. The van der Waals surface area contributed by atoms with Gasteiger partial charge in [-0.15, -0.1) is 0 Å². The van der Waals surface area contributed by atoms with Gasteiger partial charge in [-0.2, -0.15) is 0 Å². The zero-order valence-electron chi connectivity index (χ0n) is 10.1. The van der Waals surface area contributed by atoms with Crippen molar-refractivity contribution >= 4 is 11.0 Å². The minimum Gasteiger partial charge on any atom is -0.508 e. The van der Waals surface area contributed by atoms with Gasteiger partial charge in [0.05, 0.1) is 11.0 Å². The van der Waals surface area contributed by atoms with Crippen LogP contribution in [-0.4, -0.2) is 15.1 Å². The van der Waals surface area contributed by atoms with Crippen molar-refractivity contribution in [3.05, 3.63) is 59.4 Å². The molecular formula is C15H14N2O. The smallest absolute Gasteiger partial charge is 0.115 e. The molecule has 0 unspecified atom stereocenters. The number of aromatic amines is 1. The van der Waals surface area contributed by atoms with Crippen LogP contribution in [0.4, 0.5) is 0 Å². The van der Waals surface area contributed by atoms with Crippen LogP contribution in [0.15, 0.2) is 42.5 Å². The van der Waals surface area contributed by atoms with Gasteiger partial charge in [0, 0.05) is 6.42 Å². The number of rotatable bonds is 2. The molecular weight excluding hydrogens is 224 g/mol. The third kappa shape index (κ3) is 2.07. The molecule has 0 aliphatic rings. The van der Waals surface area contributed by atoms with E-state index in [1.165, 1.54) is 5.56 Å². The van der Waals surface area contributed by atoms with Gasteiger partial charge in [0.15, 0.2) is 0 Å². The Kier molecular flexibility index (Phi) is 2.52. The third-order valence-electron chi connectivity index (χ3n) is 2.97. The maximum absolute atomic E-state index is 9.44. The fourth-order valence-electron chi connectivity index (χ4n) is 2.12. The summed E-state index contributed by atoms with van der Waals surface area (Å²) < 4.78 is 0. The highest BCUT2D eigenvalue weighted by molar-refractivity contribution is 5.75. The summed E-state index contributed by atoms with van der Waals surface area (Å²) in [4.78, 5) is 7.85. The first kappa shape index (κ1) is 10.8. The Bertz CT molecular complexity index is 701. The number of aryl methyl sites for hydroxylation is 1. The van der Waals surface area contributed by atoms with Crippen molar-refractivity contribution in [2.24, 2.45) is 0 Å². The summed E-state index contributed by atoms with van der Waals surface area (Å²) in [5.41, 5.74) is 4.31. The molecule has 2 N–H and O–H groups in total. The van der Waals surface area contributed by atoms with Gasteiger partial charge in [0.25, 0.3) is 0 Å². The highest BCUT2D eigenvalue weighted by Gasteiger charge is 2.04. The second-order valence-corrected chi connectivity index (χ2v) is 4.55. The predicted molar refractivity (Wildman–Crippen MR) is 71.7 cm³/mol. The number of imidazole rings is 1. The van der Waals surface area contributed by atoms with Crippen molar-refractivity contribution in [3.8, 4) is 5.75 Å². The summed E-state index contributed by atoms with van der Waals surface area (Å²) >= 11 is 0. The first-order valence-electron chi connectivity index (χ1n) is 5.94. The molecule has 0 bridgehead atoms. The monoisotopic (exact) mass is 238 g/mol. The topological polar surface area (TPSA) is 48.9 Å². The molecule has 3 rings (SSSR count). The summed E-state index contributed by atoms with van der Waals surface area (Å²) in [6.07, 6.45) is 0.697. The first-order valence-corrected chi connectivity index (χ1v) is 5.94. The summed E-state index contributed by atoms with van der Waals surface area (Å²) in [5.74, 6) is 1.21. The molecule has 0 radical (unpaired) electrons. The molecule has 3 nitrogen and oxygen atoms in total. The lowest BCUT2D eigenvalue weighted by atomic mass is 10.1. The quantitative estimate of drug-likeness (QED) is 0.720. The number of hydrogen-bond acceptors (Lipinski definition) is 2. The number of benzene rings is 2. The number of fused-ring (bicyclic) bond motifs is 1. The first-order chi connectivity index (χ1) is 8.70. The van der Waals surface area contributed by atoms with E-state index in [9.17, 15) is 5.11 Å². The molecule has 0 aliphatic carbocycles. The minimum absolute atomic E-state index is 0.291. The number of hydrogen-bond donors (Lipinski definition) is 2. The van der Waals surface area contributed by atoms with Crippen molar-refractivity contribution < 1.29 is 5.11 Å². The number of aromatic hydroxyl groups is 1. The average molecular weight is 238 g/mol. The maximum Gasteiger partial charge on any atom is 0.115 e. The summed E-state index contributed by atoms with van der Waals surface area (Å²) in [5, 5.41) is 9.44. The molecule has 0 aliphatic heterocycles. The Balaban J connectivity index is 1.95. The molecule has 3 heteroatoms. The van der Waals surface area contributed by atoms with E-state index in [1.54, 1.807) is 12.1 Å². The van der Waals surface area contributed by atoms with Gasteiger partial charge in [-0.05, 0) is 42.3 Å². The SMILES string of the molecule is Cc1ccc2nc(Cc3cccc(O)c3)[nH]c2c1. The molecule has 0 atom stereocenters. The number of phenols is 1. The number of nitrogens with zero attached hydrogens (tertiary/aromatic N) is 1. The van der Waals surface area contributed by atoms with Gasteiger partial charge in [-0.25, -0.2) is 4.98 Å². The zero-order valence-corrected chi connectivity index (χ0v) is 10.1. The normalized spacial score (nSPS) is 10.9. The Morgan fingerprint density at radius 1 is 1.17 bits per heavy atom. The van der Waals surface area contributed by atoms with E-state index in [0.29, 0.717) is 12.2 Å². The van der Waals surface area contributed by atoms with E-state index in [0.717, 1.165) is 22.4 Å². The van der Waals surface area contributed by atoms with E-state index < -0.39 is 0 Å². The predicted octanol–water partition coefficient (Wildman–Crippen LogP) is 3.17. The second-order valence-electron chi connectivity index (χ2n) is 4.55. The summed E-state index contributed by atoms with van der Waals surface area (Å²) in [6, 6.07) is 13.4. The van der Waals surface area contributed by atoms with Crippen molar-refractivity contribution in [1.29, 1.82) is 0 Å². The zero-order chi connectivity index (χ0) is 12.5. The van der Waals surface area contributed by atoms with Crippen LogP contribution in [-0.2, 0) is 6.42 Å². The Morgan fingerprint density at radius 3 is 2.89 bits per heavy atom. The van der Waals surface area contributed by atoms with Crippen LogP contribution < -0.4 is 0 Å². The van der Waals surface area contributed by atoms with Crippen LogP contribution in [0.2, 0.25) is 0 Å². The third-order valence-corrected chi connectivity index (χ3v) is 2.97. The van der Waals surface area contributed by atoms with E-state index in [1.807, 2.05) is 18.2 Å². The van der Waals surface area contributed by atoms with Crippen LogP contribution >= 0.6 is 0 Å². The fraction of sp³-hybridized carbons (Fsp3) is 0.133. The number of H-pyrrole nitrogens is 1. The number of aromatic nitrogens is 2. The van der Waals surface area contributed by atoms with Gasteiger partial charge in [0.1, 0.15) is 11.6 Å². The Hall–Kier alpha value is -2.29. The largest absolute Gasteiger partial charge is 0.508 e. The van der Waals surface area contributed by atoms with Crippen LogP contribution in [0, 0.1) is 6.92 Å².